The lowest BCUT2D eigenvalue weighted by atomic mass is 10.1. The largest absolute Gasteiger partial charge is 0.264 e. The second-order valence-corrected chi connectivity index (χ2v) is 7.31. The van der Waals surface area contributed by atoms with Crippen LogP contribution in [0.3, 0.4) is 0 Å². The highest BCUT2D eigenvalue weighted by atomic mass is 32.2. The highest BCUT2D eigenvalue weighted by molar-refractivity contribution is 7.92. The molecule has 1 aliphatic carbocycles. The Hall–Kier alpha value is -2.07. The van der Waals surface area contributed by atoms with Gasteiger partial charge in [0.2, 0.25) is 0 Å². The summed E-state index contributed by atoms with van der Waals surface area (Å²) in [5, 5.41) is 0. The van der Waals surface area contributed by atoms with Crippen molar-refractivity contribution >= 4 is 15.7 Å². The fourth-order valence-electron chi connectivity index (χ4n) is 2.89. The van der Waals surface area contributed by atoms with Crippen LogP contribution < -0.4 is 4.31 Å². The van der Waals surface area contributed by atoms with E-state index >= 15 is 0 Å². The van der Waals surface area contributed by atoms with Crippen LogP contribution in [0.5, 0.6) is 0 Å². The van der Waals surface area contributed by atoms with E-state index in [9.17, 15) is 8.42 Å². The molecule has 0 atom stereocenters. The lowest BCUT2D eigenvalue weighted by Gasteiger charge is -2.23. The van der Waals surface area contributed by atoms with Crippen LogP contribution in [-0.4, -0.2) is 15.0 Å². The third kappa shape index (κ3) is 2.66. The maximum Gasteiger partial charge on any atom is 0.264 e. The van der Waals surface area contributed by atoms with E-state index in [1.54, 1.807) is 24.3 Å². The molecule has 22 heavy (non-hydrogen) atoms. The van der Waals surface area contributed by atoms with Crippen molar-refractivity contribution in [3.63, 3.8) is 0 Å². The number of fused-ring (bicyclic) bond motifs is 1. The molecule has 114 valence electrons. The number of sulfonamides is 1. The van der Waals surface area contributed by atoms with Crippen molar-refractivity contribution < 1.29 is 8.42 Å². The molecule has 2 aromatic carbocycles. The maximum atomic E-state index is 13.0. The molecule has 0 heterocycles. The first-order chi connectivity index (χ1) is 10.6. The number of aryl methyl sites for hydroxylation is 2. The third-order valence-electron chi connectivity index (χ3n) is 4.00. The topological polar surface area (TPSA) is 37.4 Å². The minimum Gasteiger partial charge on any atom is -0.263 e. The fourth-order valence-corrected chi connectivity index (χ4v) is 4.38. The first-order valence-electron chi connectivity index (χ1n) is 7.43. The van der Waals surface area contributed by atoms with Crippen molar-refractivity contribution in [3.05, 3.63) is 72.3 Å². The van der Waals surface area contributed by atoms with E-state index in [0.717, 1.165) is 24.8 Å². The monoisotopic (exact) mass is 313 g/mol. The van der Waals surface area contributed by atoms with Gasteiger partial charge in [-0.25, -0.2) is 8.42 Å². The van der Waals surface area contributed by atoms with Gasteiger partial charge in [0.1, 0.15) is 0 Å². The van der Waals surface area contributed by atoms with Gasteiger partial charge in [0.15, 0.2) is 0 Å². The van der Waals surface area contributed by atoms with E-state index < -0.39 is 10.0 Å². The quantitative estimate of drug-likeness (QED) is 0.792. The van der Waals surface area contributed by atoms with Gasteiger partial charge in [-0.05, 0) is 54.7 Å². The van der Waals surface area contributed by atoms with Crippen molar-refractivity contribution in [3.8, 4) is 0 Å². The summed E-state index contributed by atoms with van der Waals surface area (Å²) in [5.74, 6) is 0. The standard InChI is InChI=1S/C18H19NO2S/c1-2-13-19(17-9-4-3-5-10-17)22(20,21)18-12-11-15-7-6-8-16(15)14-18/h2-5,9-12,14H,1,6-8,13H2. The van der Waals surface area contributed by atoms with Crippen LogP contribution in [0.25, 0.3) is 0 Å². The normalized spacial score (nSPS) is 13.6. The Morgan fingerprint density at radius 1 is 1.05 bits per heavy atom. The molecule has 4 heteroatoms. The summed E-state index contributed by atoms with van der Waals surface area (Å²) in [5.41, 5.74) is 3.09. The molecule has 0 amide bonds. The molecule has 0 saturated carbocycles. The van der Waals surface area contributed by atoms with E-state index in [0.29, 0.717) is 10.6 Å². The molecule has 3 rings (SSSR count). The molecule has 3 nitrogen and oxygen atoms in total. The van der Waals surface area contributed by atoms with Gasteiger partial charge in [-0.15, -0.1) is 6.58 Å². The molecule has 0 unspecified atom stereocenters. The van der Waals surface area contributed by atoms with Crippen LogP contribution >= 0.6 is 0 Å². The van der Waals surface area contributed by atoms with Gasteiger partial charge >= 0.3 is 0 Å². The molecule has 0 fully saturated rings. The minimum atomic E-state index is -3.58. The first-order valence-corrected chi connectivity index (χ1v) is 8.87. The maximum absolute atomic E-state index is 13.0. The second kappa shape index (κ2) is 5.97. The van der Waals surface area contributed by atoms with Gasteiger partial charge in [0, 0.05) is 0 Å². The van der Waals surface area contributed by atoms with Crippen molar-refractivity contribution in [2.45, 2.75) is 24.2 Å². The Bertz CT molecular complexity index is 782. The highest BCUT2D eigenvalue weighted by Crippen LogP contribution is 2.28. The van der Waals surface area contributed by atoms with E-state index in [-0.39, 0.29) is 6.54 Å². The predicted octanol–water partition coefficient (Wildman–Crippen LogP) is 3.56. The van der Waals surface area contributed by atoms with E-state index in [2.05, 4.69) is 6.58 Å². The zero-order chi connectivity index (χ0) is 15.6. The lowest BCUT2D eigenvalue weighted by Crippen LogP contribution is -2.31. The number of rotatable bonds is 5. The lowest BCUT2D eigenvalue weighted by molar-refractivity contribution is 0.592. The molecule has 0 bridgehead atoms. The summed E-state index contributed by atoms with van der Waals surface area (Å²) in [4.78, 5) is 0.360. The minimum absolute atomic E-state index is 0.253. The van der Waals surface area contributed by atoms with E-state index in [1.165, 1.54) is 9.87 Å². The third-order valence-corrected chi connectivity index (χ3v) is 5.79. The van der Waals surface area contributed by atoms with Gasteiger partial charge < -0.3 is 0 Å². The Morgan fingerprint density at radius 3 is 2.50 bits per heavy atom. The number of anilines is 1. The molecule has 0 N–H and O–H groups in total. The van der Waals surface area contributed by atoms with Crippen molar-refractivity contribution in [1.29, 1.82) is 0 Å². The highest BCUT2D eigenvalue weighted by Gasteiger charge is 2.25. The summed E-state index contributed by atoms with van der Waals surface area (Å²) >= 11 is 0. The van der Waals surface area contributed by atoms with Gasteiger partial charge in [0.25, 0.3) is 10.0 Å². The summed E-state index contributed by atoms with van der Waals surface area (Å²) in [7, 11) is -3.58. The molecule has 0 aliphatic heterocycles. The summed E-state index contributed by atoms with van der Waals surface area (Å²) < 4.78 is 27.4. The molecule has 0 spiro atoms. The number of para-hydroxylation sites is 1. The van der Waals surface area contributed by atoms with Crippen LogP contribution in [0.2, 0.25) is 0 Å². The van der Waals surface area contributed by atoms with Gasteiger partial charge in [-0.3, -0.25) is 4.31 Å². The summed E-state index contributed by atoms with van der Waals surface area (Å²) in [6.45, 7) is 3.94. The van der Waals surface area contributed by atoms with Gasteiger partial charge in [-0.2, -0.15) is 0 Å². The SMILES string of the molecule is C=CCN(c1ccccc1)S(=O)(=O)c1ccc2c(c1)CCC2. The molecule has 0 saturated heterocycles. The number of hydrogen-bond donors (Lipinski definition) is 0. The summed E-state index contributed by atoms with van der Waals surface area (Å²) in [6.07, 6.45) is 4.72. The molecular weight excluding hydrogens is 294 g/mol. The van der Waals surface area contributed by atoms with E-state index in [1.807, 2.05) is 30.3 Å². The van der Waals surface area contributed by atoms with Crippen LogP contribution in [0, 0.1) is 0 Å². The average Bonchev–Trinajstić information content (AvgIpc) is 3.00. The molecule has 0 aromatic heterocycles. The van der Waals surface area contributed by atoms with Gasteiger partial charge in [0.05, 0.1) is 17.1 Å². The molecule has 1 aliphatic rings. The van der Waals surface area contributed by atoms with Gasteiger partial charge in [-0.1, -0.05) is 30.3 Å². The Kier molecular flexibility index (Phi) is 4.03. The van der Waals surface area contributed by atoms with Crippen LogP contribution in [0.4, 0.5) is 5.69 Å². The number of hydrogen-bond acceptors (Lipinski definition) is 2. The molecule has 2 aromatic rings. The Morgan fingerprint density at radius 2 is 1.77 bits per heavy atom. The molecule has 0 radical (unpaired) electrons. The Balaban J connectivity index is 2.04. The Labute approximate surface area is 132 Å². The van der Waals surface area contributed by atoms with E-state index in [4.69, 9.17) is 0 Å². The molecular formula is C18H19NO2S. The van der Waals surface area contributed by atoms with Crippen molar-refractivity contribution in [2.24, 2.45) is 0 Å². The zero-order valence-corrected chi connectivity index (χ0v) is 13.2. The number of nitrogens with zero attached hydrogens (tertiary/aromatic N) is 1. The smallest absolute Gasteiger partial charge is 0.263 e. The first kappa shape index (κ1) is 14.9. The average molecular weight is 313 g/mol. The predicted molar refractivity (Wildman–Crippen MR) is 89.6 cm³/mol. The van der Waals surface area contributed by atoms with Crippen LogP contribution in [0.15, 0.2) is 66.1 Å². The second-order valence-electron chi connectivity index (χ2n) is 5.44. The van der Waals surface area contributed by atoms with Crippen LogP contribution in [0.1, 0.15) is 17.5 Å². The van der Waals surface area contributed by atoms with Crippen LogP contribution in [-0.2, 0) is 22.9 Å². The summed E-state index contributed by atoms with van der Waals surface area (Å²) in [6, 6.07) is 14.6. The fraction of sp³-hybridized carbons (Fsp3) is 0.222. The van der Waals surface area contributed by atoms with Crippen molar-refractivity contribution in [2.75, 3.05) is 10.8 Å². The zero-order valence-electron chi connectivity index (χ0n) is 12.4. The number of benzene rings is 2. The van der Waals surface area contributed by atoms with Crippen molar-refractivity contribution in [1.82, 2.24) is 0 Å².